The molecule has 0 aliphatic rings. The van der Waals surface area contributed by atoms with Crippen LogP contribution in [0.2, 0.25) is 0 Å². The Balaban J connectivity index is 3.42. The summed E-state index contributed by atoms with van der Waals surface area (Å²) in [5, 5.41) is 0. The monoisotopic (exact) mass is 200 g/mol. The van der Waals surface area contributed by atoms with Gasteiger partial charge in [-0.25, -0.2) is 0 Å². The molecule has 15 heavy (non-hydrogen) atoms. The molecule has 0 amide bonds. The van der Waals surface area contributed by atoms with Gasteiger partial charge >= 0.3 is 0 Å². The molecule has 0 heteroatoms. The summed E-state index contributed by atoms with van der Waals surface area (Å²) in [6.07, 6.45) is 1.04. The zero-order valence-electron chi connectivity index (χ0n) is 10.3. The minimum atomic E-state index is 1.04. The third-order valence-corrected chi connectivity index (χ3v) is 2.75. The molecule has 0 N–H and O–H groups in total. The second kappa shape index (κ2) is 4.48. The van der Waals surface area contributed by atoms with E-state index in [4.69, 9.17) is 0 Å². The van der Waals surface area contributed by atoms with Crippen molar-refractivity contribution in [2.75, 3.05) is 0 Å². The number of hydrogen-bond acceptors (Lipinski definition) is 0. The lowest BCUT2D eigenvalue weighted by Crippen LogP contribution is -1.95. The van der Waals surface area contributed by atoms with Crippen molar-refractivity contribution in [2.45, 2.75) is 34.1 Å². The summed E-state index contributed by atoms with van der Waals surface area (Å²) < 4.78 is 0. The molecule has 0 aliphatic heterocycles. The van der Waals surface area contributed by atoms with Crippen LogP contribution in [0.1, 0.15) is 43.0 Å². The van der Waals surface area contributed by atoms with Crippen LogP contribution in [0.25, 0.3) is 11.1 Å². The Morgan fingerprint density at radius 3 is 2.00 bits per heavy atom. The predicted octanol–water partition coefficient (Wildman–Crippen LogP) is 4.62. The first-order chi connectivity index (χ1) is 6.97. The normalized spacial score (nSPS) is 10.1. The third-order valence-electron chi connectivity index (χ3n) is 2.75. The summed E-state index contributed by atoms with van der Waals surface area (Å²) in [6, 6.07) is 4.48. The van der Waals surface area contributed by atoms with E-state index in [9.17, 15) is 0 Å². The summed E-state index contributed by atoms with van der Waals surface area (Å²) in [5.74, 6) is 0. The quantitative estimate of drug-likeness (QED) is 0.667. The van der Waals surface area contributed by atoms with E-state index >= 15 is 0 Å². The lowest BCUT2D eigenvalue weighted by Gasteiger charge is -2.13. The fourth-order valence-corrected chi connectivity index (χ4v) is 1.90. The van der Waals surface area contributed by atoms with Crippen molar-refractivity contribution in [3.63, 3.8) is 0 Å². The first kappa shape index (κ1) is 11.8. The number of benzene rings is 1. The summed E-state index contributed by atoms with van der Waals surface area (Å²) >= 11 is 0. The van der Waals surface area contributed by atoms with Crippen LogP contribution in [0.4, 0.5) is 0 Å². The molecule has 0 fully saturated rings. The van der Waals surface area contributed by atoms with Crippen LogP contribution in [-0.2, 0) is 6.42 Å². The molecule has 0 aromatic heterocycles. The molecule has 1 aromatic rings. The van der Waals surface area contributed by atoms with Gasteiger partial charge in [0.25, 0.3) is 0 Å². The van der Waals surface area contributed by atoms with Crippen molar-refractivity contribution in [3.05, 3.63) is 47.5 Å². The molecule has 0 atom stereocenters. The standard InChI is InChI=1S/C15H20/c1-7-13-9-14(10(2)3)12(6)8-15(13)11(4)5/h8-9H,2,4,7H2,1,3,5-6H3. The van der Waals surface area contributed by atoms with Crippen LogP contribution in [0.3, 0.4) is 0 Å². The average Bonchev–Trinajstić information content (AvgIpc) is 2.16. The minimum absolute atomic E-state index is 1.04. The number of aryl methyl sites for hydroxylation is 2. The van der Waals surface area contributed by atoms with Crippen LogP contribution in [0, 0.1) is 6.92 Å². The molecule has 0 unspecified atom stereocenters. The highest BCUT2D eigenvalue weighted by atomic mass is 14.1. The van der Waals surface area contributed by atoms with Gasteiger partial charge in [0.15, 0.2) is 0 Å². The smallest absolute Gasteiger partial charge is 0.0198 e. The highest BCUT2D eigenvalue weighted by molar-refractivity contribution is 5.72. The number of hydrogen-bond donors (Lipinski definition) is 0. The molecule has 1 aromatic carbocycles. The summed E-state index contributed by atoms with van der Waals surface area (Å²) in [7, 11) is 0. The topological polar surface area (TPSA) is 0 Å². The Kier molecular flexibility index (Phi) is 3.52. The van der Waals surface area contributed by atoms with E-state index in [1.54, 1.807) is 0 Å². The summed E-state index contributed by atoms with van der Waals surface area (Å²) in [6.45, 7) is 16.5. The molecule has 0 nitrogen and oxygen atoms in total. The van der Waals surface area contributed by atoms with Gasteiger partial charge < -0.3 is 0 Å². The van der Waals surface area contributed by atoms with Crippen molar-refractivity contribution < 1.29 is 0 Å². The Labute approximate surface area is 93.3 Å². The Morgan fingerprint density at radius 1 is 1.07 bits per heavy atom. The van der Waals surface area contributed by atoms with E-state index in [0.29, 0.717) is 0 Å². The lowest BCUT2D eigenvalue weighted by atomic mass is 9.92. The maximum Gasteiger partial charge on any atom is -0.0198 e. The Morgan fingerprint density at radius 2 is 1.60 bits per heavy atom. The third kappa shape index (κ3) is 2.38. The first-order valence-electron chi connectivity index (χ1n) is 5.42. The van der Waals surface area contributed by atoms with Crippen LogP contribution in [0.15, 0.2) is 25.3 Å². The predicted molar refractivity (Wildman–Crippen MR) is 70.0 cm³/mol. The van der Waals surface area contributed by atoms with Crippen LogP contribution < -0.4 is 0 Å². The van der Waals surface area contributed by atoms with E-state index in [1.165, 1.54) is 22.3 Å². The molecule has 1 rings (SSSR count). The second-order valence-electron chi connectivity index (χ2n) is 4.24. The van der Waals surface area contributed by atoms with Gasteiger partial charge in [0, 0.05) is 0 Å². The van der Waals surface area contributed by atoms with Crippen LogP contribution >= 0.6 is 0 Å². The van der Waals surface area contributed by atoms with Crippen molar-refractivity contribution >= 4 is 11.1 Å². The first-order valence-corrected chi connectivity index (χ1v) is 5.42. The molecule has 0 bridgehead atoms. The number of rotatable bonds is 3. The average molecular weight is 200 g/mol. The molecule has 0 spiro atoms. The highest BCUT2D eigenvalue weighted by Crippen LogP contribution is 2.26. The zero-order valence-corrected chi connectivity index (χ0v) is 10.3. The van der Waals surface area contributed by atoms with Gasteiger partial charge in [-0.05, 0) is 49.4 Å². The fourth-order valence-electron chi connectivity index (χ4n) is 1.90. The SMILES string of the molecule is C=C(C)c1cc(CC)c(C(=C)C)cc1C. The van der Waals surface area contributed by atoms with E-state index in [2.05, 4.69) is 53.0 Å². The van der Waals surface area contributed by atoms with Gasteiger partial charge in [-0.3, -0.25) is 0 Å². The number of allylic oxidation sites excluding steroid dienone is 2. The minimum Gasteiger partial charge on any atom is -0.0955 e. The van der Waals surface area contributed by atoms with Gasteiger partial charge in [-0.15, -0.1) is 0 Å². The maximum absolute atomic E-state index is 4.03. The zero-order chi connectivity index (χ0) is 11.6. The molecule has 0 radical (unpaired) electrons. The van der Waals surface area contributed by atoms with Crippen molar-refractivity contribution in [1.29, 1.82) is 0 Å². The van der Waals surface area contributed by atoms with Gasteiger partial charge in [-0.1, -0.05) is 43.4 Å². The largest absolute Gasteiger partial charge is 0.0955 e. The maximum atomic E-state index is 4.03. The van der Waals surface area contributed by atoms with Gasteiger partial charge in [-0.2, -0.15) is 0 Å². The Bertz CT molecular complexity index is 408. The highest BCUT2D eigenvalue weighted by Gasteiger charge is 2.07. The van der Waals surface area contributed by atoms with Crippen molar-refractivity contribution in [1.82, 2.24) is 0 Å². The van der Waals surface area contributed by atoms with Crippen molar-refractivity contribution in [2.24, 2.45) is 0 Å². The van der Waals surface area contributed by atoms with Gasteiger partial charge in [0.05, 0.1) is 0 Å². The van der Waals surface area contributed by atoms with E-state index < -0.39 is 0 Å². The van der Waals surface area contributed by atoms with E-state index in [0.717, 1.165) is 17.6 Å². The molecule has 0 aliphatic carbocycles. The second-order valence-corrected chi connectivity index (χ2v) is 4.24. The van der Waals surface area contributed by atoms with Crippen molar-refractivity contribution in [3.8, 4) is 0 Å². The molecule has 0 saturated heterocycles. The summed E-state index contributed by atoms with van der Waals surface area (Å²) in [4.78, 5) is 0. The molecular weight excluding hydrogens is 180 g/mol. The Hall–Kier alpha value is -1.30. The van der Waals surface area contributed by atoms with Gasteiger partial charge in [0.1, 0.15) is 0 Å². The molecular formula is C15H20. The van der Waals surface area contributed by atoms with Gasteiger partial charge in [0.2, 0.25) is 0 Å². The lowest BCUT2D eigenvalue weighted by molar-refractivity contribution is 1.12. The summed E-state index contributed by atoms with van der Waals surface area (Å²) in [5.41, 5.74) is 7.50. The molecule has 0 heterocycles. The molecule has 0 saturated carbocycles. The van der Waals surface area contributed by atoms with E-state index in [-0.39, 0.29) is 0 Å². The van der Waals surface area contributed by atoms with Crippen LogP contribution in [-0.4, -0.2) is 0 Å². The van der Waals surface area contributed by atoms with Crippen LogP contribution in [0.5, 0.6) is 0 Å². The fraction of sp³-hybridized carbons (Fsp3) is 0.333. The van der Waals surface area contributed by atoms with E-state index in [1.807, 2.05) is 0 Å². The molecule has 80 valence electrons.